The van der Waals surface area contributed by atoms with Gasteiger partial charge in [0.25, 0.3) is 0 Å². The van der Waals surface area contributed by atoms with Crippen LogP contribution in [-0.4, -0.2) is 73.3 Å². The lowest BCUT2D eigenvalue weighted by Crippen LogP contribution is -2.59. The predicted octanol–water partition coefficient (Wildman–Crippen LogP) is 4.27. The van der Waals surface area contributed by atoms with E-state index in [1.807, 2.05) is 20.8 Å². The molecule has 0 unspecified atom stereocenters. The van der Waals surface area contributed by atoms with Crippen LogP contribution in [0.1, 0.15) is 74.9 Å². The SMILES string of the molecule is CO[C@H](C)[C@H](C(=O)N1CCOCC1)N(c1cc(C#CC(C)(C)C)sc1C(=O)O)C(=O)[C@H]1CC[C@H](C)CC1. The number of aromatic carboxylic acids is 1. The van der Waals surface area contributed by atoms with Crippen LogP contribution in [0.3, 0.4) is 0 Å². The molecule has 9 heteroatoms. The molecule has 204 valence electrons. The number of carboxylic acids is 1. The standard InChI is InChI=1S/C28H40N2O6S/c1-18-7-9-20(10-8-18)25(31)30(23(19(2)35-6)26(32)29-13-15-36-16-14-29)22-17-21(11-12-28(3,4)5)37-24(22)27(33)34/h17-20,23H,7-10,13-16H2,1-6H3,(H,33,34)/t18-,19-,20-,23-/m1/s1. The average molecular weight is 533 g/mol. The Balaban J connectivity index is 2.14. The summed E-state index contributed by atoms with van der Waals surface area (Å²) >= 11 is 1.03. The number of ether oxygens (including phenoxy) is 2. The number of morpholine rings is 1. The number of thiophene rings is 1. The van der Waals surface area contributed by atoms with Crippen LogP contribution in [0.25, 0.3) is 0 Å². The number of carbonyl (C=O) groups is 3. The fourth-order valence-electron chi connectivity index (χ4n) is 4.75. The van der Waals surface area contributed by atoms with Crippen molar-refractivity contribution in [3.8, 4) is 11.8 Å². The number of hydrogen-bond donors (Lipinski definition) is 1. The van der Waals surface area contributed by atoms with E-state index in [9.17, 15) is 19.5 Å². The summed E-state index contributed by atoms with van der Waals surface area (Å²) in [7, 11) is 1.50. The van der Waals surface area contributed by atoms with Crippen LogP contribution in [0.2, 0.25) is 0 Å². The summed E-state index contributed by atoms with van der Waals surface area (Å²) in [5.74, 6) is 4.83. The quantitative estimate of drug-likeness (QED) is 0.527. The highest BCUT2D eigenvalue weighted by Crippen LogP contribution is 2.37. The summed E-state index contributed by atoms with van der Waals surface area (Å²) in [5.41, 5.74) is -0.0591. The van der Waals surface area contributed by atoms with E-state index in [4.69, 9.17) is 9.47 Å². The third kappa shape index (κ3) is 7.34. The molecule has 2 fully saturated rings. The molecule has 1 aromatic rings. The summed E-state index contributed by atoms with van der Waals surface area (Å²) in [4.78, 5) is 44.2. The van der Waals surface area contributed by atoms with Crippen LogP contribution in [0.5, 0.6) is 0 Å². The van der Waals surface area contributed by atoms with Crippen molar-refractivity contribution >= 4 is 34.8 Å². The third-order valence-electron chi connectivity index (χ3n) is 7.00. The summed E-state index contributed by atoms with van der Waals surface area (Å²) < 4.78 is 11.1. The van der Waals surface area contributed by atoms with Crippen LogP contribution < -0.4 is 4.90 Å². The monoisotopic (exact) mass is 532 g/mol. The second-order valence-corrected chi connectivity index (χ2v) is 12.2. The number of methoxy groups -OCH3 is 1. The zero-order valence-electron chi connectivity index (χ0n) is 22.8. The van der Waals surface area contributed by atoms with Crippen molar-refractivity contribution in [2.45, 2.75) is 72.4 Å². The van der Waals surface area contributed by atoms with Crippen molar-refractivity contribution in [2.75, 3.05) is 38.3 Å². The van der Waals surface area contributed by atoms with E-state index >= 15 is 0 Å². The molecule has 3 rings (SSSR count). The Hall–Kier alpha value is -2.41. The van der Waals surface area contributed by atoms with Crippen molar-refractivity contribution in [2.24, 2.45) is 17.3 Å². The fourth-order valence-corrected chi connectivity index (χ4v) is 5.60. The molecule has 2 aliphatic rings. The van der Waals surface area contributed by atoms with Gasteiger partial charge in [0, 0.05) is 31.5 Å². The Morgan fingerprint density at radius 2 is 1.81 bits per heavy atom. The molecule has 8 nitrogen and oxygen atoms in total. The van der Waals surface area contributed by atoms with Gasteiger partial charge in [0.05, 0.1) is 29.9 Å². The summed E-state index contributed by atoms with van der Waals surface area (Å²) in [6.07, 6.45) is 2.60. The zero-order chi connectivity index (χ0) is 27.3. The van der Waals surface area contributed by atoms with E-state index in [1.54, 1.807) is 17.9 Å². The largest absolute Gasteiger partial charge is 0.477 e. The molecular weight excluding hydrogens is 492 g/mol. The van der Waals surface area contributed by atoms with Gasteiger partial charge < -0.3 is 19.5 Å². The maximum Gasteiger partial charge on any atom is 0.348 e. The number of anilines is 1. The van der Waals surface area contributed by atoms with Gasteiger partial charge in [-0.1, -0.05) is 18.8 Å². The van der Waals surface area contributed by atoms with Crippen LogP contribution >= 0.6 is 11.3 Å². The Morgan fingerprint density at radius 1 is 1.19 bits per heavy atom. The van der Waals surface area contributed by atoms with Gasteiger partial charge in [-0.15, -0.1) is 11.3 Å². The minimum Gasteiger partial charge on any atom is -0.477 e. The molecule has 1 N–H and O–H groups in total. The number of rotatable bonds is 7. The van der Waals surface area contributed by atoms with Gasteiger partial charge in [0.15, 0.2) is 0 Å². The highest BCUT2D eigenvalue weighted by molar-refractivity contribution is 7.15. The van der Waals surface area contributed by atoms with Gasteiger partial charge in [0.2, 0.25) is 11.8 Å². The topological polar surface area (TPSA) is 96.4 Å². The van der Waals surface area contributed by atoms with Crippen molar-refractivity contribution in [1.82, 2.24) is 4.90 Å². The van der Waals surface area contributed by atoms with Crippen molar-refractivity contribution in [1.29, 1.82) is 0 Å². The lowest BCUT2D eigenvalue weighted by molar-refractivity contribution is -0.142. The van der Waals surface area contributed by atoms with Crippen LogP contribution in [-0.2, 0) is 19.1 Å². The molecule has 0 radical (unpaired) electrons. The lowest BCUT2D eigenvalue weighted by Gasteiger charge is -2.40. The minimum absolute atomic E-state index is 0.00110. The summed E-state index contributed by atoms with van der Waals surface area (Å²) in [5, 5.41) is 10.1. The fraction of sp³-hybridized carbons (Fsp3) is 0.679. The van der Waals surface area contributed by atoms with Crippen molar-refractivity contribution in [3.05, 3.63) is 15.8 Å². The van der Waals surface area contributed by atoms with Crippen molar-refractivity contribution < 1.29 is 29.0 Å². The molecule has 0 spiro atoms. The van der Waals surface area contributed by atoms with Crippen LogP contribution in [0.15, 0.2) is 6.07 Å². The normalized spacial score (nSPS) is 21.9. The lowest BCUT2D eigenvalue weighted by atomic mass is 9.82. The molecule has 2 amide bonds. The molecule has 1 saturated carbocycles. The number of nitrogens with zero attached hydrogens (tertiary/aromatic N) is 2. The Bertz CT molecular complexity index is 1040. The number of amides is 2. The molecule has 2 heterocycles. The van der Waals surface area contributed by atoms with Crippen molar-refractivity contribution in [3.63, 3.8) is 0 Å². The van der Waals surface area contributed by atoms with Gasteiger partial charge in [-0.3, -0.25) is 14.5 Å². The maximum atomic E-state index is 14.2. The highest BCUT2D eigenvalue weighted by atomic mass is 32.1. The average Bonchev–Trinajstić information content (AvgIpc) is 3.29. The second-order valence-electron chi connectivity index (χ2n) is 11.1. The molecule has 1 aromatic heterocycles. The molecule has 0 aromatic carbocycles. The number of hydrogen-bond acceptors (Lipinski definition) is 6. The molecule has 37 heavy (non-hydrogen) atoms. The zero-order valence-corrected chi connectivity index (χ0v) is 23.7. The third-order valence-corrected chi connectivity index (χ3v) is 8.03. The molecule has 2 atom stereocenters. The van der Waals surface area contributed by atoms with E-state index < -0.39 is 18.1 Å². The van der Waals surface area contributed by atoms with E-state index in [0.717, 1.165) is 24.2 Å². The van der Waals surface area contributed by atoms with Gasteiger partial charge >= 0.3 is 5.97 Å². The smallest absolute Gasteiger partial charge is 0.348 e. The molecule has 1 aliphatic carbocycles. The first-order valence-corrected chi connectivity index (χ1v) is 13.9. The van der Waals surface area contributed by atoms with E-state index in [-0.39, 0.29) is 33.7 Å². The number of carboxylic acid groups (broad SMARTS) is 1. The summed E-state index contributed by atoms with van der Waals surface area (Å²) in [6, 6.07) is 0.643. The van der Waals surface area contributed by atoms with Gasteiger partial charge in [0.1, 0.15) is 10.9 Å². The predicted molar refractivity (Wildman–Crippen MR) is 144 cm³/mol. The van der Waals surface area contributed by atoms with Gasteiger partial charge in [-0.05, 0) is 65.4 Å². The molecule has 1 saturated heterocycles. The number of carbonyl (C=O) groups excluding carboxylic acids is 2. The maximum absolute atomic E-state index is 14.2. The molecular formula is C28H40N2O6S. The Kier molecular flexibility index (Phi) is 9.79. The highest BCUT2D eigenvalue weighted by Gasteiger charge is 2.43. The first-order valence-electron chi connectivity index (χ1n) is 13.1. The van der Waals surface area contributed by atoms with Crippen LogP contribution in [0, 0.1) is 29.1 Å². The summed E-state index contributed by atoms with van der Waals surface area (Å²) in [6.45, 7) is 11.5. The second kappa shape index (κ2) is 12.4. The van der Waals surface area contributed by atoms with E-state index in [2.05, 4.69) is 18.8 Å². The Morgan fingerprint density at radius 3 is 2.35 bits per heavy atom. The van der Waals surface area contributed by atoms with Gasteiger partial charge in [-0.25, -0.2) is 4.79 Å². The van der Waals surface area contributed by atoms with E-state index in [0.29, 0.717) is 49.9 Å². The Labute approximate surface area is 224 Å². The van der Waals surface area contributed by atoms with E-state index in [1.165, 1.54) is 12.0 Å². The molecule has 0 bridgehead atoms. The van der Waals surface area contributed by atoms with Gasteiger partial charge in [-0.2, -0.15) is 0 Å². The first-order chi connectivity index (χ1) is 17.4. The molecule has 1 aliphatic heterocycles. The minimum atomic E-state index is -1.15. The van der Waals surface area contributed by atoms with Crippen LogP contribution in [0.4, 0.5) is 5.69 Å². The first kappa shape index (κ1) is 29.2.